The Morgan fingerprint density at radius 1 is 0.405 bits per heavy atom. The normalized spacial score (nSPS) is 27.4. The van der Waals surface area contributed by atoms with Gasteiger partial charge >= 0.3 is 0 Å². The summed E-state index contributed by atoms with van der Waals surface area (Å²) in [6.45, 7) is 12.5. The zero-order valence-corrected chi connectivity index (χ0v) is 63.2. The minimum Gasteiger partial charge on any atom is -0.388 e. The quantitative estimate of drug-likeness (QED) is 0.0235. The summed E-state index contributed by atoms with van der Waals surface area (Å²) in [5, 5.41) is 100. The lowest BCUT2D eigenvalue weighted by Crippen LogP contribution is -2.66. The first-order valence-electron chi connectivity index (χ1n) is 37.2. The Hall–Kier alpha value is -5.78. The van der Waals surface area contributed by atoms with Gasteiger partial charge in [0, 0.05) is 27.2 Å². The van der Waals surface area contributed by atoms with Crippen LogP contribution in [-0.4, -0.2) is 393 Å². The molecular formula is C67H111N13O31. The average molecular weight is 1590 g/mol. The Balaban J connectivity index is 0.639. The van der Waals surface area contributed by atoms with Crippen LogP contribution in [0.15, 0.2) is 18.6 Å². The summed E-state index contributed by atoms with van der Waals surface area (Å²) in [5.41, 5.74) is -3.46. The van der Waals surface area contributed by atoms with E-state index in [9.17, 15) is 49.8 Å². The Labute approximate surface area is 640 Å². The topological polar surface area (TPSA) is 524 Å². The standard InChI is InChI=1S/C67H111N13O31/c1-5-51(84)71-64(36-103-33-48-30-78(75-72-48)6-9-91-12-15-94-18-21-97-24-27-100-39-65-42-106-61(109-65)52(68-45(2)81)55(85)58(65)88,37-104-34-49-31-79(76-73-49)7-10-92-13-16-95-19-22-98-25-28-101-40-66-43-107-62(110-66)53(69-46(3)82)56(86)59(66)89)38-105-35-50-32-80(77-74-50)8-11-93-14-17-96-20-23-99-26-29-102-41-67-44-108-63(111-67)54(70-47(4)83)57(87)60(67)90/h30-32,52-63,85-90H,5-29,33-44H2,1-4H3,(H,68,81)(H,69,82)(H,70,83)(H,71,84)/t52-,53-,54-,55-,56-,57-,58-,59-,60-,61+,62+,63+,65+,66+,67+/m1/s1. The number of hydrogen-bond donors (Lipinski definition) is 10. The number of ether oxygens (including phenoxy) is 21. The van der Waals surface area contributed by atoms with Gasteiger partial charge in [-0.2, -0.15) is 0 Å². The van der Waals surface area contributed by atoms with E-state index in [1.54, 1.807) is 39.6 Å². The van der Waals surface area contributed by atoms with Gasteiger partial charge in [0.1, 0.15) is 94.2 Å². The zero-order valence-electron chi connectivity index (χ0n) is 63.2. The maximum absolute atomic E-state index is 13.3. The summed E-state index contributed by atoms with van der Waals surface area (Å²) in [5.74, 6) is -1.44. The van der Waals surface area contributed by atoms with Crippen LogP contribution in [0.5, 0.6) is 0 Å². The summed E-state index contributed by atoms with van der Waals surface area (Å²) in [7, 11) is 0. The van der Waals surface area contributed by atoms with Gasteiger partial charge in [-0.3, -0.25) is 19.2 Å². The molecule has 6 aliphatic rings. The van der Waals surface area contributed by atoms with Crippen molar-refractivity contribution >= 4 is 23.6 Å². The molecule has 6 saturated heterocycles. The van der Waals surface area contributed by atoms with Gasteiger partial charge in [-0.25, -0.2) is 14.0 Å². The van der Waals surface area contributed by atoms with E-state index in [0.717, 1.165) is 0 Å². The molecular weight excluding hydrogens is 1480 g/mol. The lowest BCUT2D eigenvalue weighted by molar-refractivity contribution is -0.238. The molecule has 44 nitrogen and oxygen atoms in total. The van der Waals surface area contributed by atoms with E-state index in [1.165, 1.54) is 20.8 Å². The average Bonchev–Trinajstić information content (AvgIpc) is 1.62. The summed E-state index contributed by atoms with van der Waals surface area (Å²) in [6.07, 6.45) is -5.26. The fourth-order valence-electron chi connectivity index (χ4n) is 12.6. The molecule has 0 aromatic carbocycles. The minimum absolute atomic E-state index is 0.00778. The van der Waals surface area contributed by atoms with Gasteiger partial charge in [-0.05, 0) is 0 Å². The van der Waals surface area contributed by atoms with E-state index < -0.39 is 96.0 Å². The van der Waals surface area contributed by atoms with Gasteiger partial charge in [0.25, 0.3) is 0 Å². The number of amides is 4. The van der Waals surface area contributed by atoms with Crippen LogP contribution in [0.3, 0.4) is 0 Å². The zero-order chi connectivity index (χ0) is 78.9. The summed E-state index contributed by atoms with van der Waals surface area (Å²) < 4.78 is 126. The number of aromatic nitrogens is 9. The lowest BCUT2D eigenvalue weighted by Gasteiger charge is -2.42. The summed E-state index contributed by atoms with van der Waals surface area (Å²) in [4.78, 5) is 47.9. The second-order valence-electron chi connectivity index (χ2n) is 27.3. The maximum atomic E-state index is 13.3. The molecule has 44 heteroatoms. The van der Waals surface area contributed by atoms with Crippen molar-refractivity contribution in [1.29, 1.82) is 0 Å². The number of nitrogens with one attached hydrogen (secondary N) is 4. The first kappa shape index (κ1) is 89.2. The third kappa shape index (κ3) is 27.4. The smallest absolute Gasteiger partial charge is 0.220 e. The number of nitrogens with zero attached hydrogens (tertiary/aromatic N) is 9. The largest absolute Gasteiger partial charge is 0.388 e. The molecule has 0 radical (unpaired) electrons. The molecule has 0 aliphatic carbocycles. The highest BCUT2D eigenvalue weighted by molar-refractivity contribution is 5.76. The van der Waals surface area contributed by atoms with Crippen molar-refractivity contribution in [3.63, 3.8) is 0 Å². The molecule has 4 amide bonds. The molecule has 9 heterocycles. The van der Waals surface area contributed by atoms with E-state index in [-0.39, 0.29) is 149 Å². The highest BCUT2D eigenvalue weighted by Crippen LogP contribution is 2.40. The van der Waals surface area contributed by atoms with Crippen LogP contribution in [-0.2, 0) is 158 Å². The van der Waals surface area contributed by atoms with Crippen molar-refractivity contribution < 1.29 is 149 Å². The molecule has 6 aliphatic heterocycles. The first-order valence-corrected chi connectivity index (χ1v) is 37.2. The number of aliphatic hydroxyl groups excluding tert-OH is 6. The molecule has 3 aromatic rings. The molecule has 630 valence electrons. The molecule has 9 rings (SSSR count). The van der Waals surface area contributed by atoms with Gasteiger partial charge in [0.05, 0.1) is 256 Å². The second kappa shape index (κ2) is 46.1. The third-order valence-corrected chi connectivity index (χ3v) is 18.4. The number of fused-ring (bicyclic) bond motifs is 6. The van der Waals surface area contributed by atoms with E-state index in [4.69, 9.17) is 99.5 Å². The van der Waals surface area contributed by atoms with Crippen molar-refractivity contribution in [2.45, 2.75) is 170 Å². The summed E-state index contributed by atoms with van der Waals surface area (Å²) in [6, 6.07) is -2.70. The van der Waals surface area contributed by atoms with Crippen LogP contribution in [0.4, 0.5) is 0 Å². The van der Waals surface area contributed by atoms with Crippen LogP contribution in [0, 0.1) is 0 Å². The number of carbonyl (C=O) groups excluding carboxylic acids is 4. The van der Waals surface area contributed by atoms with E-state index in [1.807, 2.05) is 0 Å². The van der Waals surface area contributed by atoms with Crippen LogP contribution in [0.2, 0.25) is 0 Å². The Bertz CT molecular complexity index is 2900. The molecule has 0 unspecified atom stereocenters. The monoisotopic (exact) mass is 1590 g/mol. The van der Waals surface area contributed by atoms with E-state index in [2.05, 4.69) is 52.2 Å². The molecule has 6 fully saturated rings. The number of carbonyl (C=O) groups is 4. The molecule has 10 N–H and O–H groups in total. The fourth-order valence-corrected chi connectivity index (χ4v) is 12.6. The van der Waals surface area contributed by atoms with E-state index >= 15 is 0 Å². The maximum Gasteiger partial charge on any atom is 0.220 e. The second-order valence-corrected chi connectivity index (χ2v) is 27.3. The lowest BCUT2D eigenvalue weighted by atomic mass is 9.88. The number of rotatable bonds is 59. The van der Waals surface area contributed by atoms with Gasteiger partial charge < -0.3 is 151 Å². The van der Waals surface area contributed by atoms with Crippen molar-refractivity contribution in [2.24, 2.45) is 0 Å². The van der Waals surface area contributed by atoms with E-state index in [0.29, 0.717) is 136 Å². The van der Waals surface area contributed by atoms with Crippen molar-refractivity contribution in [3.05, 3.63) is 35.7 Å². The Morgan fingerprint density at radius 2 is 0.658 bits per heavy atom. The minimum atomic E-state index is -1.34. The molecule has 3 aromatic heterocycles. The SMILES string of the molecule is CCC(=O)NC(COCc1cn(CCOCCOCCOCCOC[C@@]23CO[C@@H](O2)[C@H](NC(C)=O)[C@@H](O)[C@H]3O)nn1)(COCc1cn(CCOCCOCCOCCOC[C@@]23CO[C@@H](O2)[C@H](NC(C)=O)[C@@H](O)[C@H]3O)nn1)COCc1cn(CCOCCOCCOCCOC[C@@]23CO[C@@H](O2)[C@H](NC(C)=O)[C@@H](O)[C@H]3O)nn1. The third-order valence-electron chi connectivity index (χ3n) is 18.4. The van der Waals surface area contributed by atoms with Gasteiger partial charge in [-0.1, -0.05) is 22.6 Å². The van der Waals surface area contributed by atoms with Crippen LogP contribution < -0.4 is 21.3 Å². The highest BCUT2D eigenvalue weighted by atomic mass is 16.8. The predicted octanol–water partition coefficient (Wildman–Crippen LogP) is -7.07. The molecule has 0 saturated carbocycles. The number of hydrogen-bond acceptors (Lipinski definition) is 37. The van der Waals surface area contributed by atoms with Gasteiger partial charge in [-0.15, -0.1) is 15.3 Å². The van der Waals surface area contributed by atoms with Gasteiger partial charge in [0.2, 0.25) is 23.6 Å². The van der Waals surface area contributed by atoms with Crippen molar-refractivity contribution in [1.82, 2.24) is 66.2 Å². The van der Waals surface area contributed by atoms with Crippen molar-refractivity contribution in [2.75, 3.05) is 198 Å². The molecule has 111 heavy (non-hydrogen) atoms. The predicted molar refractivity (Wildman–Crippen MR) is 370 cm³/mol. The number of aliphatic hydroxyl groups is 6. The molecule has 6 bridgehead atoms. The Kier molecular flexibility index (Phi) is 37.0. The highest BCUT2D eigenvalue weighted by Gasteiger charge is 2.62. The van der Waals surface area contributed by atoms with Crippen molar-refractivity contribution in [3.8, 4) is 0 Å². The fraction of sp³-hybridized carbons (Fsp3) is 0.851. The van der Waals surface area contributed by atoms with Crippen LogP contribution in [0.1, 0.15) is 51.2 Å². The van der Waals surface area contributed by atoms with Crippen LogP contribution in [0.25, 0.3) is 0 Å². The molecule has 15 atom stereocenters. The van der Waals surface area contributed by atoms with Gasteiger partial charge in [0.15, 0.2) is 18.9 Å². The Morgan fingerprint density at radius 3 is 0.910 bits per heavy atom. The van der Waals surface area contributed by atoms with Crippen LogP contribution >= 0.6 is 0 Å². The molecule has 0 spiro atoms. The first-order chi connectivity index (χ1) is 53.7. The summed E-state index contributed by atoms with van der Waals surface area (Å²) >= 11 is 0.